The van der Waals surface area contributed by atoms with Gasteiger partial charge in [-0.3, -0.25) is 4.90 Å². The Hall–Kier alpha value is -0.770. The zero-order valence-corrected chi connectivity index (χ0v) is 13.1. The van der Waals surface area contributed by atoms with E-state index in [1.54, 1.807) is 12.1 Å². The maximum Gasteiger partial charge on any atom is 0.120 e. The van der Waals surface area contributed by atoms with Gasteiger partial charge in [0, 0.05) is 29.7 Å². The van der Waals surface area contributed by atoms with Crippen LogP contribution in [0.25, 0.3) is 0 Å². The lowest BCUT2D eigenvalue weighted by Gasteiger charge is -2.30. The van der Waals surface area contributed by atoms with Gasteiger partial charge in [0.25, 0.3) is 0 Å². The van der Waals surface area contributed by atoms with Gasteiger partial charge in [-0.25, -0.2) is 0 Å². The Morgan fingerprint density at radius 1 is 1.21 bits per heavy atom. The van der Waals surface area contributed by atoms with Crippen LogP contribution in [0.4, 0.5) is 0 Å². The number of benzene rings is 1. The summed E-state index contributed by atoms with van der Waals surface area (Å²) in [6, 6.07) is 5.42. The van der Waals surface area contributed by atoms with Gasteiger partial charge < -0.3 is 10.0 Å². The molecular weight excluding hydrogens is 260 g/mol. The van der Waals surface area contributed by atoms with E-state index in [-0.39, 0.29) is 6.04 Å². The first-order chi connectivity index (χ1) is 8.95. The van der Waals surface area contributed by atoms with Crippen LogP contribution in [-0.2, 0) is 0 Å². The number of hydrogen-bond donors (Lipinski definition) is 1. The van der Waals surface area contributed by atoms with E-state index >= 15 is 0 Å². The minimum absolute atomic E-state index is 0.165. The molecule has 0 aliphatic heterocycles. The summed E-state index contributed by atoms with van der Waals surface area (Å²) < 4.78 is 0. The lowest BCUT2D eigenvalue weighted by atomic mass is 10.1. The molecule has 1 rings (SSSR count). The fourth-order valence-electron chi connectivity index (χ4n) is 2.17. The normalized spacial score (nSPS) is 13.2. The minimum atomic E-state index is 0.165. The molecule has 0 amide bonds. The van der Waals surface area contributed by atoms with Crippen molar-refractivity contribution < 1.29 is 5.11 Å². The first-order valence-corrected chi connectivity index (χ1v) is 7.20. The van der Waals surface area contributed by atoms with E-state index in [0.29, 0.717) is 10.8 Å². The van der Waals surface area contributed by atoms with Gasteiger partial charge in [0.05, 0.1) is 0 Å². The summed E-state index contributed by atoms with van der Waals surface area (Å²) in [5, 5.41) is 10.7. The van der Waals surface area contributed by atoms with Gasteiger partial charge >= 0.3 is 0 Å². The number of likely N-dealkylation sites (N-methyl/N-ethyl adjacent to an activating group) is 1. The summed E-state index contributed by atoms with van der Waals surface area (Å²) in [5.41, 5.74) is 0.903. The quantitative estimate of drug-likeness (QED) is 0.831. The van der Waals surface area contributed by atoms with E-state index in [0.717, 1.165) is 31.6 Å². The molecule has 1 aromatic rings. The third kappa shape index (κ3) is 5.01. The largest absolute Gasteiger partial charge is 0.508 e. The predicted molar refractivity (Wildman–Crippen MR) is 81.9 cm³/mol. The smallest absolute Gasteiger partial charge is 0.120 e. The van der Waals surface area contributed by atoms with E-state index < -0.39 is 0 Å². The first kappa shape index (κ1) is 16.3. The lowest BCUT2D eigenvalue weighted by molar-refractivity contribution is 0.187. The highest BCUT2D eigenvalue weighted by molar-refractivity contribution is 6.30. The van der Waals surface area contributed by atoms with Crippen LogP contribution in [0.1, 0.15) is 31.9 Å². The molecule has 19 heavy (non-hydrogen) atoms. The maximum atomic E-state index is 10.0. The van der Waals surface area contributed by atoms with Gasteiger partial charge in [-0.15, -0.1) is 0 Å². The highest BCUT2D eigenvalue weighted by Crippen LogP contribution is 2.30. The van der Waals surface area contributed by atoms with Crippen molar-refractivity contribution in [3.63, 3.8) is 0 Å². The molecule has 0 saturated heterocycles. The van der Waals surface area contributed by atoms with Crippen molar-refractivity contribution in [3.05, 3.63) is 28.8 Å². The third-order valence-corrected chi connectivity index (χ3v) is 3.57. The average molecular weight is 285 g/mol. The molecule has 0 aliphatic carbocycles. The molecule has 4 heteroatoms. The number of phenolic OH excluding ortho intramolecular Hbond substituents is 1. The van der Waals surface area contributed by atoms with E-state index in [1.165, 1.54) is 0 Å². The van der Waals surface area contributed by atoms with Crippen LogP contribution in [0.3, 0.4) is 0 Å². The summed E-state index contributed by atoms with van der Waals surface area (Å²) in [6.45, 7) is 7.30. The predicted octanol–water partition coefficient (Wildman–Crippen LogP) is 3.38. The molecule has 108 valence electrons. The Labute approximate surface area is 121 Å². The van der Waals surface area contributed by atoms with Crippen molar-refractivity contribution in [2.45, 2.75) is 26.3 Å². The van der Waals surface area contributed by atoms with Crippen molar-refractivity contribution in [1.82, 2.24) is 9.80 Å². The highest BCUT2D eigenvalue weighted by atomic mass is 35.5. The zero-order valence-electron chi connectivity index (χ0n) is 12.4. The number of phenols is 1. The molecule has 0 aliphatic rings. The van der Waals surface area contributed by atoms with Crippen molar-refractivity contribution in [3.8, 4) is 5.75 Å². The average Bonchev–Trinajstić information content (AvgIpc) is 2.36. The number of halogens is 1. The highest BCUT2D eigenvalue weighted by Gasteiger charge is 2.18. The Bertz CT molecular complexity index is 396. The molecule has 1 atom stereocenters. The van der Waals surface area contributed by atoms with Crippen LogP contribution < -0.4 is 0 Å². The van der Waals surface area contributed by atoms with E-state index in [2.05, 4.69) is 37.7 Å². The van der Waals surface area contributed by atoms with Gasteiger partial charge in [0.2, 0.25) is 0 Å². The molecule has 0 bridgehead atoms. The van der Waals surface area contributed by atoms with Crippen LogP contribution in [-0.4, -0.2) is 48.6 Å². The first-order valence-electron chi connectivity index (χ1n) is 6.83. The van der Waals surface area contributed by atoms with Crippen LogP contribution in [0.15, 0.2) is 18.2 Å². The number of aromatic hydroxyl groups is 1. The summed E-state index contributed by atoms with van der Waals surface area (Å²) in [7, 11) is 4.15. The minimum Gasteiger partial charge on any atom is -0.508 e. The second-order valence-corrected chi connectivity index (χ2v) is 5.65. The van der Waals surface area contributed by atoms with E-state index in [1.807, 2.05) is 6.07 Å². The summed E-state index contributed by atoms with van der Waals surface area (Å²) >= 11 is 6.03. The van der Waals surface area contributed by atoms with Crippen LogP contribution in [0, 0.1) is 0 Å². The second-order valence-electron chi connectivity index (χ2n) is 5.22. The Balaban J connectivity index is 2.85. The van der Waals surface area contributed by atoms with E-state index in [4.69, 9.17) is 11.6 Å². The fourth-order valence-corrected chi connectivity index (χ4v) is 2.35. The van der Waals surface area contributed by atoms with Gasteiger partial charge in [0.15, 0.2) is 0 Å². The molecule has 1 aromatic carbocycles. The molecule has 0 aromatic heterocycles. The molecule has 0 radical (unpaired) electrons. The number of nitrogens with zero attached hydrogens (tertiary/aromatic N) is 2. The molecule has 3 nitrogen and oxygen atoms in total. The maximum absolute atomic E-state index is 10.0. The summed E-state index contributed by atoms with van der Waals surface area (Å²) in [4.78, 5) is 4.55. The Kier molecular flexibility index (Phi) is 6.63. The molecule has 0 spiro atoms. The van der Waals surface area contributed by atoms with Crippen LogP contribution in [0.5, 0.6) is 5.75 Å². The SMILES string of the molecule is CCCN(CCN(C)C)C(C)c1cc(Cl)ccc1O. The summed E-state index contributed by atoms with van der Waals surface area (Å²) in [5.74, 6) is 0.322. The topological polar surface area (TPSA) is 26.7 Å². The Morgan fingerprint density at radius 2 is 1.89 bits per heavy atom. The van der Waals surface area contributed by atoms with Crippen LogP contribution >= 0.6 is 11.6 Å². The van der Waals surface area contributed by atoms with Gasteiger partial charge in [-0.05, 0) is 52.2 Å². The van der Waals surface area contributed by atoms with Crippen molar-refractivity contribution in [2.24, 2.45) is 0 Å². The molecule has 0 fully saturated rings. The molecule has 0 heterocycles. The fraction of sp³-hybridized carbons (Fsp3) is 0.600. The van der Waals surface area contributed by atoms with Crippen molar-refractivity contribution in [2.75, 3.05) is 33.7 Å². The monoisotopic (exact) mass is 284 g/mol. The summed E-state index contributed by atoms with van der Waals surface area (Å²) in [6.07, 6.45) is 1.10. The number of rotatable bonds is 7. The van der Waals surface area contributed by atoms with Gasteiger partial charge in [-0.1, -0.05) is 18.5 Å². The molecule has 1 N–H and O–H groups in total. The molecular formula is C15H25ClN2O. The lowest BCUT2D eigenvalue weighted by Crippen LogP contribution is -2.34. The molecule has 0 saturated carbocycles. The van der Waals surface area contributed by atoms with Gasteiger partial charge in [0.1, 0.15) is 5.75 Å². The van der Waals surface area contributed by atoms with E-state index in [9.17, 15) is 5.11 Å². The second kappa shape index (κ2) is 7.73. The van der Waals surface area contributed by atoms with Crippen molar-refractivity contribution >= 4 is 11.6 Å². The number of hydrogen-bond acceptors (Lipinski definition) is 3. The zero-order chi connectivity index (χ0) is 14.4. The Morgan fingerprint density at radius 3 is 2.47 bits per heavy atom. The third-order valence-electron chi connectivity index (χ3n) is 3.33. The standard InChI is InChI=1S/C15H25ClN2O/c1-5-8-18(10-9-17(3)4)12(2)14-11-13(16)6-7-15(14)19/h6-7,11-12,19H,5,8-10H2,1-4H3. The van der Waals surface area contributed by atoms with Gasteiger partial charge in [-0.2, -0.15) is 0 Å². The molecule has 1 unspecified atom stereocenters. The van der Waals surface area contributed by atoms with Crippen molar-refractivity contribution in [1.29, 1.82) is 0 Å². The van der Waals surface area contributed by atoms with Crippen LogP contribution in [0.2, 0.25) is 5.02 Å².